The lowest BCUT2D eigenvalue weighted by Crippen LogP contribution is -2.35. The van der Waals surface area contributed by atoms with Crippen molar-refractivity contribution in [3.63, 3.8) is 0 Å². The number of halogens is 3. The van der Waals surface area contributed by atoms with Gasteiger partial charge in [-0.2, -0.15) is 18.7 Å². The van der Waals surface area contributed by atoms with E-state index in [9.17, 15) is 23.3 Å². The Hall–Kier alpha value is -3.18. The molecule has 3 N–H and O–H groups in total. The highest BCUT2D eigenvalue weighted by atomic mass is 19.4. The lowest BCUT2D eigenvalue weighted by molar-refractivity contribution is -0.385. The highest BCUT2D eigenvalue weighted by molar-refractivity contribution is 5.76. The normalized spacial score (nSPS) is 12.9. The molecule has 0 aliphatic carbocycles. The molecular weight excluding hydrogens is 393 g/mol. The topological polar surface area (TPSA) is 112 Å². The van der Waals surface area contributed by atoms with Gasteiger partial charge in [-0.15, -0.1) is 0 Å². The number of rotatable bonds is 8. The molecule has 156 valence electrons. The van der Waals surface area contributed by atoms with E-state index in [1.807, 2.05) is 0 Å². The van der Waals surface area contributed by atoms with Gasteiger partial charge in [0.15, 0.2) is 0 Å². The van der Waals surface area contributed by atoms with Crippen molar-refractivity contribution in [3.8, 4) is 5.75 Å². The van der Waals surface area contributed by atoms with Gasteiger partial charge in [0.2, 0.25) is 0 Å². The van der Waals surface area contributed by atoms with Crippen molar-refractivity contribution in [1.82, 2.24) is 5.48 Å². The van der Waals surface area contributed by atoms with Crippen LogP contribution < -0.4 is 16.0 Å². The second-order valence-electron chi connectivity index (χ2n) is 6.00. The number of hydrogen-bond acceptors (Lipinski definition) is 7. The highest BCUT2D eigenvalue weighted by Gasteiger charge is 2.30. The smallest absolute Gasteiger partial charge is 0.416 e. The van der Waals surface area contributed by atoms with E-state index in [0.29, 0.717) is 11.3 Å². The summed E-state index contributed by atoms with van der Waals surface area (Å²) in [7, 11) is 1.36. The molecule has 0 fully saturated rings. The molecule has 0 radical (unpaired) electrons. The molecule has 0 amide bonds. The summed E-state index contributed by atoms with van der Waals surface area (Å²) in [4.78, 5) is 19.4. The number of nitrogens with zero attached hydrogens (tertiary/aromatic N) is 2. The molecule has 2 rings (SSSR count). The number of nitrogens with one attached hydrogen (secondary N) is 1. The van der Waals surface area contributed by atoms with Gasteiger partial charge >= 0.3 is 6.18 Å². The number of aryl methyl sites for hydroxylation is 1. The van der Waals surface area contributed by atoms with E-state index < -0.39 is 22.7 Å². The SMILES string of the molecule is CONC(C=Nc1cc(C)c([N+](=O)[O-])cc1N)COc1cccc(C(F)(F)F)c1. The maximum Gasteiger partial charge on any atom is 0.416 e. The van der Waals surface area contributed by atoms with Crippen LogP contribution in [0.25, 0.3) is 0 Å². The molecule has 2 aromatic carbocycles. The molecule has 0 aromatic heterocycles. The third-order valence-corrected chi connectivity index (χ3v) is 3.80. The molecule has 1 atom stereocenters. The molecule has 0 saturated heterocycles. The molecule has 0 aliphatic heterocycles. The zero-order valence-corrected chi connectivity index (χ0v) is 15.6. The van der Waals surface area contributed by atoms with Crippen LogP contribution >= 0.6 is 0 Å². The van der Waals surface area contributed by atoms with Crippen LogP contribution in [-0.2, 0) is 11.0 Å². The van der Waals surface area contributed by atoms with E-state index >= 15 is 0 Å². The van der Waals surface area contributed by atoms with Crippen LogP contribution in [0.15, 0.2) is 41.4 Å². The van der Waals surface area contributed by atoms with Gasteiger partial charge in [0.25, 0.3) is 5.69 Å². The number of aliphatic imine (C=N–C) groups is 1. The van der Waals surface area contributed by atoms with Gasteiger partial charge < -0.3 is 15.3 Å². The number of nitrogens with two attached hydrogens (primary N) is 1. The van der Waals surface area contributed by atoms with Gasteiger partial charge in [0.05, 0.1) is 29.0 Å². The standard InChI is InChI=1S/C18H19F3N4O4/c1-11-6-16(15(22)8-17(11)25(26)27)23-9-13(24-28-2)10-29-14-5-3-4-12(7-14)18(19,20)21/h3-9,13,24H,10,22H2,1-2H3. The quantitative estimate of drug-likeness (QED) is 0.295. The number of hydrogen-bond donors (Lipinski definition) is 2. The second kappa shape index (κ2) is 9.34. The Kier molecular flexibility index (Phi) is 7.13. The van der Waals surface area contributed by atoms with Crippen LogP contribution in [0.2, 0.25) is 0 Å². The molecule has 11 heteroatoms. The van der Waals surface area contributed by atoms with Crippen LogP contribution in [0, 0.1) is 17.0 Å². The van der Waals surface area contributed by atoms with Crippen molar-refractivity contribution in [2.45, 2.75) is 19.1 Å². The van der Waals surface area contributed by atoms with Crippen LogP contribution in [0.4, 0.5) is 30.2 Å². The average Bonchev–Trinajstić information content (AvgIpc) is 2.65. The number of alkyl halides is 3. The minimum absolute atomic E-state index is 0.0295. The molecule has 2 aromatic rings. The predicted octanol–water partition coefficient (Wildman–Crippen LogP) is 3.81. The van der Waals surface area contributed by atoms with Crippen molar-refractivity contribution >= 4 is 23.3 Å². The van der Waals surface area contributed by atoms with E-state index in [1.54, 1.807) is 6.92 Å². The lowest BCUT2D eigenvalue weighted by atomic mass is 10.1. The lowest BCUT2D eigenvalue weighted by Gasteiger charge is -2.15. The first-order valence-electron chi connectivity index (χ1n) is 8.29. The van der Waals surface area contributed by atoms with E-state index in [4.69, 9.17) is 15.3 Å². The summed E-state index contributed by atoms with van der Waals surface area (Å²) in [5.41, 5.74) is 8.23. The fourth-order valence-corrected chi connectivity index (χ4v) is 2.38. The van der Waals surface area contributed by atoms with Crippen molar-refractivity contribution in [1.29, 1.82) is 0 Å². The van der Waals surface area contributed by atoms with Gasteiger partial charge in [0, 0.05) is 17.8 Å². The predicted molar refractivity (Wildman–Crippen MR) is 101 cm³/mol. The summed E-state index contributed by atoms with van der Waals surface area (Å²) in [5, 5.41) is 10.9. The summed E-state index contributed by atoms with van der Waals surface area (Å²) >= 11 is 0. The molecular formula is C18H19F3N4O4. The van der Waals surface area contributed by atoms with Gasteiger partial charge in [-0.05, 0) is 31.2 Å². The number of nitro benzene ring substituents is 1. The molecule has 0 aliphatic rings. The molecule has 0 saturated carbocycles. The van der Waals surface area contributed by atoms with Crippen molar-refractivity contribution in [3.05, 3.63) is 57.6 Å². The van der Waals surface area contributed by atoms with E-state index in [-0.39, 0.29) is 23.7 Å². The number of benzene rings is 2. The largest absolute Gasteiger partial charge is 0.491 e. The number of nitro groups is 1. The summed E-state index contributed by atoms with van der Waals surface area (Å²) in [6.45, 7) is 1.46. The zero-order valence-electron chi connectivity index (χ0n) is 15.6. The van der Waals surface area contributed by atoms with Crippen LogP contribution in [0.1, 0.15) is 11.1 Å². The van der Waals surface area contributed by atoms with Crippen molar-refractivity contribution in [2.75, 3.05) is 19.5 Å². The number of anilines is 1. The van der Waals surface area contributed by atoms with Gasteiger partial charge in [-0.1, -0.05) is 6.07 Å². The van der Waals surface area contributed by atoms with Crippen LogP contribution in [0.5, 0.6) is 5.75 Å². The van der Waals surface area contributed by atoms with E-state index in [2.05, 4.69) is 10.5 Å². The second-order valence-corrected chi connectivity index (χ2v) is 6.00. The maximum absolute atomic E-state index is 12.8. The number of nitrogen functional groups attached to an aromatic ring is 1. The van der Waals surface area contributed by atoms with Gasteiger partial charge in [-0.25, -0.2) is 0 Å². The first kappa shape index (κ1) is 22.1. The summed E-state index contributed by atoms with van der Waals surface area (Å²) < 4.78 is 43.7. The third-order valence-electron chi connectivity index (χ3n) is 3.80. The average molecular weight is 412 g/mol. The zero-order chi connectivity index (χ0) is 21.6. The third kappa shape index (κ3) is 6.16. The molecule has 0 bridgehead atoms. The summed E-state index contributed by atoms with van der Waals surface area (Å²) in [6, 6.07) is 6.50. The fraction of sp³-hybridized carbons (Fsp3) is 0.278. The Morgan fingerprint density at radius 2 is 2.07 bits per heavy atom. The minimum Gasteiger partial charge on any atom is -0.491 e. The Labute approximate surface area is 164 Å². The van der Waals surface area contributed by atoms with E-state index in [0.717, 1.165) is 12.1 Å². The molecule has 8 nitrogen and oxygen atoms in total. The molecule has 0 spiro atoms. The molecule has 1 unspecified atom stereocenters. The van der Waals surface area contributed by atoms with Crippen LogP contribution in [0.3, 0.4) is 0 Å². The van der Waals surface area contributed by atoms with Crippen molar-refractivity contribution < 1.29 is 27.7 Å². The van der Waals surface area contributed by atoms with E-state index in [1.165, 1.54) is 37.6 Å². The Balaban J connectivity index is 2.13. The Morgan fingerprint density at radius 1 is 1.34 bits per heavy atom. The first-order valence-corrected chi connectivity index (χ1v) is 8.29. The first-order chi connectivity index (χ1) is 13.6. The Bertz CT molecular complexity index is 903. The minimum atomic E-state index is -4.48. The summed E-state index contributed by atoms with van der Waals surface area (Å²) in [5.74, 6) is 0.0295. The fourth-order valence-electron chi connectivity index (χ4n) is 2.38. The highest BCUT2D eigenvalue weighted by Crippen LogP contribution is 2.32. The summed E-state index contributed by atoms with van der Waals surface area (Å²) in [6.07, 6.45) is -3.09. The number of ether oxygens (including phenoxy) is 1. The monoisotopic (exact) mass is 412 g/mol. The maximum atomic E-state index is 12.8. The Morgan fingerprint density at radius 3 is 2.69 bits per heavy atom. The van der Waals surface area contributed by atoms with Gasteiger partial charge in [0.1, 0.15) is 18.4 Å². The van der Waals surface area contributed by atoms with Crippen molar-refractivity contribution in [2.24, 2.45) is 4.99 Å². The number of hydroxylamine groups is 1. The van der Waals surface area contributed by atoms with Crippen LogP contribution in [-0.4, -0.2) is 30.9 Å². The molecule has 29 heavy (non-hydrogen) atoms. The van der Waals surface area contributed by atoms with Gasteiger partial charge in [-0.3, -0.25) is 15.1 Å². The molecule has 0 heterocycles.